The van der Waals surface area contributed by atoms with Crippen molar-refractivity contribution in [2.75, 3.05) is 26.4 Å². The molecule has 0 aromatic heterocycles. The van der Waals surface area contributed by atoms with Gasteiger partial charge in [0.25, 0.3) is 0 Å². The lowest BCUT2D eigenvalue weighted by Gasteiger charge is -2.48. The van der Waals surface area contributed by atoms with Gasteiger partial charge in [0.2, 0.25) is 5.91 Å². The average Bonchev–Trinajstić information content (AvgIpc) is 3.31. The lowest BCUT2D eigenvalue weighted by atomic mass is 9.96. The summed E-state index contributed by atoms with van der Waals surface area (Å²) in [6.07, 6.45) is -1.02. The molecule has 19 heteroatoms. The molecule has 3 aliphatic rings. The molecule has 12 N–H and O–H groups in total. The van der Waals surface area contributed by atoms with Crippen LogP contribution in [-0.2, 0) is 33.2 Å². The number of aliphatic hydroxyl groups excluding tert-OH is 11. The van der Waals surface area contributed by atoms with E-state index in [-0.39, 0.29) is 18.9 Å². The molecule has 19 nitrogen and oxygen atoms in total. The number of hydrogen-bond acceptors (Lipinski definition) is 18. The quantitative estimate of drug-likeness (QED) is 0.0399. The second kappa shape index (κ2) is 33.4. The first-order valence-electron chi connectivity index (χ1n) is 25.3. The molecule has 1 amide bonds. The lowest BCUT2D eigenvalue weighted by molar-refractivity contribution is -0.379. The molecule has 0 radical (unpaired) electrons. The Morgan fingerprint density at radius 3 is 1.32 bits per heavy atom. The first kappa shape index (κ1) is 59.1. The molecule has 390 valence electrons. The predicted octanol–water partition coefficient (Wildman–Crippen LogP) is 1.31. The molecule has 0 saturated carbocycles. The third-order valence-electron chi connectivity index (χ3n) is 13.2. The van der Waals surface area contributed by atoms with Gasteiger partial charge in [-0.05, 0) is 12.8 Å². The summed E-state index contributed by atoms with van der Waals surface area (Å²) in [6, 6.07) is -0.875. The van der Waals surface area contributed by atoms with Gasteiger partial charge in [0.1, 0.15) is 73.2 Å². The summed E-state index contributed by atoms with van der Waals surface area (Å²) in [5, 5.41) is 119. The van der Waals surface area contributed by atoms with Gasteiger partial charge < -0.3 is 89.9 Å². The summed E-state index contributed by atoms with van der Waals surface area (Å²) >= 11 is 0. The smallest absolute Gasteiger partial charge is 0.220 e. The normalized spacial score (nSPS) is 33.7. The Morgan fingerprint density at radius 2 is 0.864 bits per heavy atom. The highest BCUT2D eigenvalue weighted by atomic mass is 16.8. The largest absolute Gasteiger partial charge is 0.394 e. The van der Waals surface area contributed by atoms with Gasteiger partial charge in [-0.3, -0.25) is 4.79 Å². The van der Waals surface area contributed by atoms with Crippen LogP contribution in [0, 0.1) is 0 Å². The first-order valence-corrected chi connectivity index (χ1v) is 25.3. The molecule has 0 spiro atoms. The van der Waals surface area contributed by atoms with E-state index < -0.39 is 124 Å². The number of amides is 1. The fraction of sp³-hybridized carbons (Fsp3) is 0.979. The maximum absolute atomic E-state index is 12.9. The molecular formula is C47H89NO18. The minimum Gasteiger partial charge on any atom is -0.394 e. The molecule has 3 rings (SSSR count). The van der Waals surface area contributed by atoms with Crippen LogP contribution in [0.2, 0.25) is 0 Å². The number of unbranched alkanes of at least 4 members (excludes halogenated alkanes) is 19. The third-order valence-corrected chi connectivity index (χ3v) is 13.2. The van der Waals surface area contributed by atoms with Crippen LogP contribution >= 0.6 is 0 Å². The van der Waals surface area contributed by atoms with E-state index >= 15 is 0 Å². The van der Waals surface area contributed by atoms with Gasteiger partial charge in [0.05, 0.1) is 38.6 Å². The highest BCUT2D eigenvalue weighted by Gasteiger charge is 2.53. The number of aliphatic hydroxyl groups is 11. The van der Waals surface area contributed by atoms with Gasteiger partial charge >= 0.3 is 0 Å². The van der Waals surface area contributed by atoms with E-state index in [0.29, 0.717) is 12.8 Å². The monoisotopic (exact) mass is 956 g/mol. The van der Waals surface area contributed by atoms with Crippen molar-refractivity contribution < 1.29 is 89.4 Å². The fourth-order valence-corrected chi connectivity index (χ4v) is 8.90. The van der Waals surface area contributed by atoms with Crippen LogP contribution in [0.25, 0.3) is 0 Å². The van der Waals surface area contributed by atoms with Crippen molar-refractivity contribution in [3.63, 3.8) is 0 Å². The van der Waals surface area contributed by atoms with Crippen molar-refractivity contribution in [1.29, 1.82) is 0 Å². The standard InChI is InChI=1S/C47H89NO18/c1-3-5-7-8-9-10-11-12-13-14-15-16-17-18-19-20-21-23-24-31(52)30(48-35(53)25-22-6-4-2)29-61-45-41(59)38(56)43(33(27-50)63-45)66-47-42(60)39(57)44(34(28-51)64-47)65-46-40(58)37(55)36(54)32(26-49)62-46/h30-34,36-47,49-52,54-60H,3-29H2,1-2H3,(H,48,53). The summed E-state index contributed by atoms with van der Waals surface area (Å²) in [5.74, 6) is -0.268. The number of hydrogen-bond donors (Lipinski definition) is 12. The van der Waals surface area contributed by atoms with Crippen molar-refractivity contribution in [3.05, 3.63) is 0 Å². The number of carbonyl (C=O) groups excluding carboxylic acids is 1. The van der Waals surface area contributed by atoms with Gasteiger partial charge in [0, 0.05) is 6.42 Å². The van der Waals surface area contributed by atoms with Crippen molar-refractivity contribution in [3.8, 4) is 0 Å². The zero-order chi connectivity index (χ0) is 48.4. The Balaban J connectivity index is 1.46. The van der Waals surface area contributed by atoms with Crippen molar-refractivity contribution in [2.45, 2.75) is 266 Å². The van der Waals surface area contributed by atoms with E-state index in [0.717, 1.165) is 38.5 Å². The molecule has 3 saturated heterocycles. The van der Waals surface area contributed by atoms with Crippen LogP contribution in [-0.4, -0.2) is 193 Å². The summed E-state index contributed by atoms with van der Waals surface area (Å²) in [5.41, 5.74) is 0. The summed E-state index contributed by atoms with van der Waals surface area (Å²) in [7, 11) is 0. The van der Waals surface area contributed by atoms with Gasteiger partial charge in [-0.15, -0.1) is 0 Å². The van der Waals surface area contributed by atoms with E-state index in [1.54, 1.807) is 0 Å². The van der Waals surface area contributed by atoms with E-state index in [1.807, 2.05) is 6.92 Å². The first-order chi connectivity index (χ1) is 31.8. The average molecular weight is 956 g/mol. The Labute approximate surface area is 392 Å². The molecule has 3 fully saturated rings. The summed E-state index contributed by atoms with van der Waals surface area (Å²) in [6.45, 7) is 1.58. The fourth-order valence-electron chi connectivity index (χ4n) is 8.90. The second-order valence-electron chi connectivity index (χ2n) is 18.6. The Kier molecular flexibility index (Phi) is 29.9. The molecule has 0 aromatic rings. The number of rotatable bonds is 35. The van der Waals surface area contributed by atoms with Gasteiger partial charge in [-0.2, -0.15) is 0 Å². The minimum absolute atomic E-state index is 0.255. The SMILES string of the molecule is CCCCCCCCCCCCCCCCCCCCC(O)C(COC1OC(CO)C(OC2OC(CO)C(OC3OC(CO)C(O)C(O)C3O)C(O)C2O)C(O)C1O)NC(=O)CCCCC. The highest BCUT2D eigenvalue weighted by Crippen LogP contribution is 2.33. The zero-order valence-corrected chi connectivity index (χ0v) is 39.7. The number of carbonyl (C=O) groups is 1. The van der Waals surface area contributed by atoms with Crippen molar-refractivity contribution >= 4 is 5.91 Å². The Morgan fingerprint density at radius 1 is 0.485 bits per heavy atom. The van der Waals surface area contributed by atoms with Crippen molar-refractivity contribution in [1.82, 2.24) is 5.32 Å². The molecule has 17 unspecified atom stereocenters. The minimum atomic E-state index is -1.97. The Hall–Kier alpha value is -1.21. The molecule has 17 atom stereocenters. The lowest BCUT2D eigenvalue weighted by Crippen LogP contribution is -2.66. The molecule has 0 aliphatic carbocycles. The molecular weight excluding hydrogens is 867 g/mol. The van der Waals surface area contributed by atoms with Crippen LogP contribution in [0.4, 0.5) is 0 Å². The number of ether oxygens (including phenoxy) is 6. The van der Waals surface area contributed by atoms with Crippen LogP contribution in [0.1, 0.15) is 162 Å². The molecule has 66 heavy (non-hydrogen) atoms. The van der Waals surface area contributed by atoms with Crippen LogP contribution in [0.3, 0.4) is 0 Å². The molecule has 3 aliphatic heterocycles. The maximum Gasteiger partial charge on any atom is 0.220 e. The van der Waals surface area contributed by atoms with E-state index in [9.17, 15) is 61.0 Å². The van der Waals surface area contributed by atoms with Crippen molar-refractivity contribution in [2.24, 2.45) is 0 Å². The topological polar surface area (TPSA) is 307 Å². The molecule has 0 aromatic carbocycles. The highest BCUT2D eigenvalue weighted by molar-refractivity contribution is 5.76. The van der Waals surface area contributed by atoms with Gasteiger partial charge in [-0.1, -0.05) is 142 Å². The maximum atomic E-state index is 12.9. The summed E-state index contributed by atoms with van der Waals surface area (Å²) in [4.78, 5) is 12.9. The second-order valence-corrected chi connectivity index (χ2v) is 18.6. The molecule has 3 heterocycles. The predicted molar refractivity (Wildman–Crippen MR) is 240 cm³/mol. The van der Waals surface area contributed by atoms with E-state index in [2.05, 4.69) is 12.2 Å². The van der Waals surface area contributed by atoms with E-state index in [4.69, 9.17) is 28.4 Å². The van der Waals surface area contributed by atoms with Crippen LogP contribution in [0.5, 0.6) is 0 Å². The summed E-state index contributed by atoms with van der Waals surface area (Å²) < 4.78 is 34.0. The zero-order valence-electron chi connectivity index (χ0n) is 39.7. The Bertz CT molecular complexity index is 1240. The number of nitrogens with one attached hydrogen (secondary N) is 1. The van der Waals surface area contributed by atoms with Gasteiger partial charge in [0.15, 0.2) is 18.9 Å². The van der Waals surface area contributed by atoms with Crippen LogP contribution in [0.15, 0.2) is 0 Å². The van der Waals surface area contributed by atoms with Gasteiger partial charge in [-0.25, -0.2) is 0 Å². The van der Waals surface area contributed by atoms with E-state index in [1.165, 1.54) is 89.9 Å². The van der Waals surface area contributed by atoms with Crippen LogP contribution < -0.4 is 5.32 Å². The molecule has 0 bridgehead atoms. The third kappa shape index (κ3) is 19.5.